The summed E-state index contributed by atoms with van der Waals surface area (Å²) in [7, 11) is 0. The molecule has 1 amide bonds. The molecule has 1 N–H and O–H groups in total. The van der Waals surface area contributed by atoms with E-state index < -0.39 is 0 Å². The maximum absolute atomic E-state index is 13.6. The van der Waals surface area contributed by atoms with Crippen LogP contribution in [0.2, 0.25) is 0 Å². The second-order valence-corrected chi connectivity index (χ2v) is 4.77. The molecular formula is C15H14FNO2. The van der Waals surface area contributed by atoms with Crippen LogP contribution in [0.5, 0.6) is 0 Å². The van der Waals surface area contributed by atoms with E-state index in [1.807, 2.05) is 6.07 Å². The summed E-state index contributed by atoms with van der Waals surface area (Å²) in [6.07, 6.45) is 2.28. The largest absolute Gasteiger partial charge is 0.467 e. The Morgan fingerprint density at radius 3 is 2.89 bits per heavy atom. The first-order valence-corrected chi connectivity index (χ1v) is 6.30. The molecule has 3 nitrogen and oxygen atoms in total. The Kier molecular flexibility index (Phi) is 3.07. The third kappa shape index (κ3) is 2.52. The van der Waals surface area contributed by atoms with Gasteiger partial charge in [0.1, 0.15) is 11.6 Å². The van der Waals surface area contributed by atoms with Crippen LogP contribution in [0.4, 0.5) is 4.39 Å². The van der Waals surface area contributed by atoms with Crippen LogP contribution in [0.3, 0.4) is 0 Å². The highest BCUT2D eigenvalue weighted by molar-refractivity contribution is 5.82. The number of carbonyl (C=O) groups excluding carboxylic acids is 1. The van der Waals surface area contributed by atoms with E-state index in [4.69, 9.17) is 4.42 Å². The van der Waals surface area contributed by atoms with Crippen molar-refractivity contribution in [1.29, 1.82) is 0 Å². The fraction of sp³-hybridized carbons (Fsp3) is 0.267. The number of nitrogens with one attached hydrogen (secondary N) is 1. The molecule has 19 heavy (non-hydrogen) atoms. The summed E-state index contributed by atoms with van der Waals surface area (Å²) < 4.78 is 18.7. The SMILES string of the molecule is O=C(NCc1ccco1)C1CC1c1ccccc1F. The first kappa shape index (κ1) is 12.0. The van der Waals surface area contributed by atoms with Gasteiger partial charge in [-0.05, 0) is 36.1 Å². The number of halogens is 1. The van der Waals surface area contributed by atoms with Crippen LogP contribution < -0.4 is 5.32 Å². The molecule has 2 atom stereocenters. The molecule has 0 saturated heterocycles. The summed E-state index contributed by atoms with van der Waals surface area (Å²) in [4.78, 5) is 11.9. The topological polar surface area (TPSA) is 42.2 Å². The minimum Gasteiger partial charge on any atom is -0.467 e. The zero-order valence-electron chi connectivity index (χ0n) is 10.3. The molecule has 1 aromatic heterocycles. The smallest absolute Gasteiger partial charge is 0.224 e. The van der Waals surface area contributed by atoms with E-state index in [0.29, 0.717) is 18.5 Å². The monoisotopic (exact) mass is 259 g/mol. The maximum Gasteiger partial charge on any atom is 0.224 e. The standard InChI is InChI=1S/C15H14FNO2/c16-14-6-2-1-5-11(14)12-8-13(12)15(18)17-9-10-4-3-7-19-10/h1-7,12-13H,8-9H2,(H,17,18). The van der Waals surface area contributed by atoms with Gasteiger partial charge in [0.05, 0.1) is 12.8 Å². The lowest BCUT2D eigenvalue weighted by Gasteiger charge is -2.04. The molecule has 0 bridgehead atoms. The van der Waals surface area contributed by atoms with Crippen molar-refractivity contribution in [3.05, 3.63) is 59.8 Å². The first-order valence-electron chi connectivity index (χ1n) is 6.30. The van der Waals surface area contributed by atoms with Gasteiger partial charge in [0.15, 0.2) is 0 Å². The van der Waals surface area contributed by atoms with Crippen LogP contribution in [0.15, 0.2) is 47.1 Å². The molecule has 1 heterocycles. The van der Waals surface area contributed by atoms with Crippen LogP contribution >= 0.6 is 0 Å². The van der Waals surface area contributed by atoms with Gasteiger partial charge in [0.25, 0.3) is 0 Å². The Morgan fingerprint density at radius 2 is 2.16 bits per heavy atom. The highest BCUT2D eigenvalue weighted by atomic mass is 19.1. The molecule has 1 aliphatic rings. The Hall–Kier alpha value is -2.10. The molecule has 98 valence electrons. The van der Waals surface area contributed by atoms with E-state index in [1.54, 1.807) is 30.5 Å². The van der Waals surface area contributed by atoms with E-state index in [2.05, 4.69) is 5.32 Å². The van der Waals surface area contributed by atoms with Gasteiger partial charge < -0.3 is 9.73 Å². The lowest BCUT2D eigenvalue weighted by molar-refractivity contribution is -0.122. The average molecular weight is 259 g/mol. The minimum absolute atomic E-state index is 0.0119. The van der Waals surface area contributed by atoms with Crippen molar-refractivity contribution in [2.24, 2.45) is 5.92 Å². The molecule has 1 aliphatic carbocycles. The molecule has 1 aromatic carbocycles. The Labute approximate surface area is 110 Å². The van der Waals surface area contributed by atoms with E-state index >= 15 is 0 Å². The summed E-state index contributed by atoms with van der Waals surface area (Å²) >= 11 is 0. The van der Waals surface area contributed by atoms with Crippen LogP contribution in [0.25, 0.3) is 0 Å². The van der Waals surface area contributed by atoms with Crippen molar-refractivity contribution in [1.82, 2.24) is 5.32 Å². The Morgan fingerprint density at radius 1 is 1.32 bits per heavy atom. The van der Waals surface area contributed by atoms with Gasteiger partial charge in [0.2, 0.25) is 5.91 Å². The van der Waals surface area contributed by atoms with Crippen molar-refractivity contribution in [2.75, 3.05) is 0 Å². The fourth-order valence-electron chi connectivity index (χ4n) is 2.32. The van der Waals surface area contributed by atoms with Gasteiger partial charge in [0, 0.05) is 5.92 Å². The molecule has 3 rings (SSSR count). The summed E-state index contributed by atoms with van der Waals surface area (Å²) in [6.45, 7) is 0.381. The zero-order valence-corrected chi connectivity index (χ0v) is 10.3. The fourth-order valence-corrected chi connectivity index (χ4v) is 2.32. The lowest BCUT2D eigenvalue weighted by Crippen LogP contribution is -2.24. The summed E-state index contributed by atoms with van der Waals surface area (Å²) in [6, 6.07) is 10.2. The number of hydrogen-bond acceptors (Lipinski definition) is 2. The van der Waals surface area contributed by atoms with E-state index in [0.717, 1.165) is 5.76 Å². The molecule has 2 aromatic rings. The average Bonchev–Trinajstić information content (AvgIpc) is 3.04. The van der Waals surface area contributed by atoms with Gasteiger partial charge in [-0.1, -0.05) is 18.2 Å². The van der Waals surface area contributed by atoms with Gasteiger partial charge in [-0.15, -0.1) is 0 Å². The van der Waals surface area contributed by atoms with Crippen molar-refractivity contribution in [2.45, 2.75) is 18.9 Å². The second-order valence-electron chi connectivity index (χ2n) is 4.77. The third-order valence-electron chi connectivity index (χ3n) is 3.45. The number of hydrogen-bond donors (Lipinski definition) is 1. The van der Waals surface area contributed by atoms with Crippen LogP contribution in [0, 0.1) is 11.7 Å². The molecular weight excluding hydrogens is 245 g/mol. The molecule has 0 aliphatic heterocycles. The van der Waals surface area contributed by atoms with Crippen molar-refractivity contribution >= 4 is 5.91 Å². The van der Waals surface area contributed by atoms with Crippen molar-refractivity contribution in [3.63, 3.8) is 0 Å². The van der Waals surface area contributed by atoms with Gasteiger partial charge in [-0.2, -0.15) is 0 Å². The second kappa shape index (κ2) is 4.88. The normalized spacial score (nSPS) is 21.1. The van der Waals surface area contributed by atoms with Crippen molar-refractivity contribution in [3.8, 4) is 0 Å². The molecule has 2 unspecified atom stereocenters. The number of benzene rings is 1. The van der Waals surface area contributed by atoms with Crippen LogP contribution in [-0.4, -0.2) is 5.91 Å². The Bertz CT molecular complexity index is 580. The molecule has 0 spiro atoms. The van der Waals surface area contributed by atoms with E-state index in [9.17, 15) is 9.18 Å². The molecule has 4 heteroatoms. The first-order chi connectivity index (χ1) is 9.25. The van der Waals surface area contributed by atoms with Crippen molar-refractivity contribution < 1.29 is 13.6 Å². The number of rotatable bonds is 4. The molecule has 1 fully saturated rings. The van der Waals surface area contributed by atoms with E-state index in [1.165, 1.54) is 6.07 Å². The van der Waals surface area contributed by atoms with Crippen LogP contribution in [-0.2, 0) is 11.3 Å². The van der Waals surface area contributed by atoms with E-state index in [-0.39, 0.29) is 23.6 Å². The van der Waals surface area contributed by atoms with Gasteiger partial charge in [-0.3, -0.25) is 4.79 Å². The molecule has 1 saturated carbocycles. The maximum atomic E-state index is 13.6. The highest BCUT2D eigenvalue weighted by Gasteiger charge is 2.44. The number of amides is 1. The predicted octanol–water partition coefficient (Wildman–Crippen LogP) is 2.84. The number of furan rings is 1. The minimum atomic E-state index is -0.228. The Balaban J connectivity index is 1.57. The number of carbonyl (C=O) groups is 1. The predicted molar refractivity (Wildman–Crippen MR) is 67.8 cm³/mol. The third-order valence-corrected chi connectivity index (χ3v) is 3.45. The van der Waals surface area contributed by atoms with Gasteiger partial charge >= 0.3 is 0 Å². The lowest BCUT2D eigenvalue weighted by atomic mass is 10.1. The highest BCUT2D eigenvalue weighted by Crippen LogP contribution is 2.48. The van der Waals surface area contributed by atoms with Crippen LogP contribution in [0.1, 0.15) is 23.7 Å². The van der Waals surface area contributed by atoms with Gasteiger partial charge in [-0.25, -0.2) is 4.39 Å². The quantitative estimate of drug-likeness (QED) is 0.917. The zero-order chi connectivity index (χ0) is 13.2. The summed E-state index contributed by atoms with van der Waals surface area (Å²) in [5, 5.41) is 2.81. The summed E-state index contributed by atoms with van der Waals surface area (Å²) in [5.41, 5.74) is 0.639. The molecule has 0 radical (unpaired) electrons. The summed E-state index contributed by atoms with van der Waals surface area (Å²) in [5.74, 6) is 0.347.